The fourth-order valence-corrected chi connectivity index (χ4v) is 10.9. The van der Waals surface area contributed by atoms with Crippen LogP contribution in [0.5, 0.6) is 0 Å². The van der Waals surface area contributed by atoms with Crippen molar-refractivity contribution >= 4 is 61.2 Å². The van der Waals surface area contributed by atoms with E-state index in [9.17, 15) is 0 Å². The highest BCUT2D eigenvalue weighted by Gasteiger charge is 2.38. The molecule has 0 unspecified atom stereocenters. The van der Waals surface area contributed by atoms with E-state index in [4.69, 9.17) is 0 Å². The maximum Gasteiger partial charge on any atom is 0.0468 e. The molecule has 0 N–H and O–H groups in total. The van der Waals surface area contributed by atoms with Crippen LogP contribution in [0.2, 0.25) is 0 Å². The fourth-order valence-electron chi connectivity index (χ4n) is 10.9. The molecule has 0 saturated heterocycles. The average Bonchev–Trinajstić information content (AvgIpc) is 3.65. The molecule has 292 valence electrons. The molecule has 60 heavy (non-hydrogen) atoms. The summed E-state index contributed by atoms with van der Waals surface area (Å²) in [6.45, 7) is 14.1. The van der Waals surface area contributed by atoms with Gasteiger partial charge in [0.15, 0.2) is 0 Å². The van der Waals surface area contributed by atoms with Crippen molar-refractivity contribution in [2.45, 2.75) is 65.2 Å². The van der Waals surface area contributed by atoms with Crippen molar-refractivity contribution in [3.8, 4) is 11.1 Å². The molecule has 0 aliphatic heterocycles. The van der Waals surface area contributed by atoms with Gasteiger partial charge >= 0.3 is 0 Å². The molecule has 3 aliphatic rings. The second-order valence-electron chi connectivity index (χ2n) is 18.1. The summed E-state index contributed by atoms with van der Waals surface area (Å²) in [5.74, 6) is 0. The van der Waals surface area contributed by atoms with Crippen molar-refractivity contribution < 1.29 is 0 Å². The van der Waals surface area contributed by atoms with Crippen LogP contribution >= 0.6 is 0 Å². The van der Waals surface area contributed by atoms with Crippen molar-refractivity contribution in [3.63, 3.8) is 0 Å². The van der Waals surface area contributed by atoms with Gasteiger partial charge in [-0.05, 0) is 177 Å². The van der Waals surface area contributed by atoms with Crippen LogP contribution in [0.15, 0.2) is 175 Å². The molecule has 0 radical (unpaired) electrons. The van der Waals surface area contributed by atoms with Crippen molar-refractivity contribution in [2.75, 3.05) is 9.80 Å². The number of benzene rings is 8. The number of fused-ring (bicyclic) bond motifs is 7. The molecular weight excluding hydrogens is 725 g/mol. The molecule has 0 bridgehead atoms. The zero-order valence-corrected chi connectivity index (χ0v) is 35.5. The zero-order chi connectivity index (χ0) is 40.9. The molecule has 0 atom stereocenters. The molecule has 8 aromatic carbocycles. The lowest BCUT2D eigenvalue weighted by Gasteiger charge is -2.29. The SMILES string of the molecule is Cc1c2ccc(N(c3ccccc3)c3ccc4c(c3)C(C)(C)C3=C4CCC=C3)cc2c(C)c2cc(N(c3ccccc3)c3ccc4c(c3)C(C)(C)c3ccccc3-4)ccc12. The first-order chi connectivity index (χ1) is 29.1. The summed E-state index contributed by atoms with van der Waals surface area (Å²) < 4.78 is 0. The molecule has 8 aromatic rings. The molecule has 0 heterocycles. The van der Waals surface area contributed by atoms with Crippen molar-refractivity contribution in [1.82, 2.24) is 0 Å². The quantitative estimate of drug-likeness (QED) is 0.155. The van der Waals surface area contributed by atoms with Crippen molar-refractivity contribution in [1.29, 1.82) is 0 Å². The third-order valence-electron chi connectivity index (χ3n) is 14.1. The minimum Gasteiger partial charge on any atom is -0.310 e. The highest BCUT2D eigenvalue weighted by atomic mass is 15.1. The lowest BCUT2D eigenvalue weighted by atomic mass is 9.80. The van der Waals surface area contributed by atoms with E-state index < -0.39 is 0 Å². The monoisotopic (exact) mass is 774 g/mol. The van der Waals surface area contributed by atoms with E-state index in [0.29, 0.717) is 0 Å². The second-order valence-corrected chi connectivity index (χ2v) is 18.1. The van der Waals surface area contributed by atoms with Crippen LogP contribution in [-0.2, 0) is 10.8 Å². The topological polar surface area (TPSA) is 6.48 Å². The van der Waals surface area contributed by atoms with Crippen molar-refractivity contribution in [2.24, 2.45) is 0 Å². The smallest absolute Gasteiger partial charge is 0.0468 e. The van der Waals surface area contributed by atoms with Gasteiger partial charge in [-0.2, -0.15) is 0 Å². The van der Waals surface area contributed by atoms with E-state index in [1.807, 2.05) is 0 Å². The predicted octanol–water partition coefficient (Wildman–Crippen LogP) is 16.3. The maximum absolute atomic E-state index is 2.46. The second kappa shape index (κ2) is 13.4. The van der Waals surface area contributed by atoms with Crippen LogP contribution in [-0.4, -0.2) is 0 Å². The number of allylic oxidation sites excluding steroid dienone is 4. The summed E-state index contributed by atoms with van der Waals surface area (Å²) in [5, 5.41) is 5.15. The molecule has 3 aliphatic carbocycles. The Balaban J connectivity index is 1.06. The van der Waals surface area contributed by atoms with E-state index >= 15 is 0 Å². The van der Waals surface area contributed by atoms with E-state index in [0.717, 1.165) is 35.6 Å². The lowest BCUT2D eigenvalue weighted by Crippen LogP contribution is -2.18. The first-order valence-electron chi connectivity index (χ1n) is 21.6. The third-order valence-corrected chi connectivity index (χ3v) is 14.1. The summed E-state index contributed by atoms with van der Waals surface area (Å²) in [7, 11) is 0. The van der Waals surface area contributed by atoms with Crippen molar-refractivity contribution in [3.05, 3.63) is 209 Å². The van der Waals surface area contributed by atoms with Crippen LogP contribution in [0.4, 0.5) is 34.1 Å². The fraction of sp³-hybridized carbons (Fsp3) is 0.172. The number of hydrogen-bond acceptors (Lipinski definition) is 2. The number of anilines is 6. The van der Waals surface area contributed by atoms with Gasteiger partial charge in [-0.1, -0.05) is 125 Å². The number of para-hydroxylation sites is 2. The Kier molecular flexibility index (Phi) is 8.16. The predicted molar refractivity (Wildman–Crippen MR) is 256 cm³/mol. The molecule has 0 aromatic heterocycles. The van der Waals surface area contributed by atoms with Crippen LogP contribution in [0.25, 0.3) is 38.2 Å². The Morgan fingerprint density at radius 2 is 0.867 bits per heavy atom. The van der Waals surface area contributed by atoms with Crippen LogP contribution in [0.3, 0.4) is 0 Å². The highest BCUT2D eigenvalue weighted by molar-refractivity contribution is 6.08. The molecule has 2 heteroatoms. The first kappa shape index (κ1) is 36.4. The molecule has 0 spiro atoms. The van der Waals surface area contributed by atoms with E-state index in [1.54, 1.807) is 0 Å². The van der Waals surface area contributed by atoms with Gasteiger partial charge in [0.05, 0.1) is 0 Å². The molecule has 0 amide bonds. The molecule has 2 nitrogen and oxygen atoms in total. The third kappa shape index (κ3) is 5.40. The standard InChI is InChI=1S/C58H50N2/c1-37-45-29-25-41(59(39-17-9-7-10-18-39)43-27-31-49-47-21-13-15-23-53(47)57(3,4)55(49)35-43)33-51(45)38(2)52-34-42(26-30-46(37)52)60(40-19-11-8-12-20-40)44-28-32-50-48-22-14-16-24-54(48)58(5,6)56(50)36-44/h7-13,15-21,23-36H,14,22H2,1-6H3. The van der Waals surface area contributed by atoms with Gasteiger partial charge in [-0.25, -0.2) is 0 Å². The Labute approximate surface area is 354 Å². The highest BCUT2D eigenvalue weighted by Crippen LogP contribution is 2.53. The molecule has 11 rings (SSSR count). The number of aryl methyl sites for hydroxylation is 2. The zero-order valence-electron chi connectivity index (χ0n) is 35.5. The Morgan fingerprint density at radius 1 is 0.400 bits per heavy atom. The van der Waals surface area contributed by atoms with Crippen LogP contribution in [0.1, 0.15) is 73.9 Å². The van der Waals surface area contributed by atoms with Gasteiger partial charge in [-0.15, -0.1) is 0 Å². The molecular formula is C58H50N2. The van der Waals surface area contributed by atoms with E-state index in [1.165, 1.54) is 88.6 Å². The van der Waals surface area contributed by atoms with E-state index in [2.05, 4.69) is 221 Å². The van der Waals surface area contributed by atoms with Gasteiger partial charge in [0.2, 0.25) is 0 Å². The Bertz CT molecular complexity index is 3110. The largest absolute Gasteiger partial charge is 0.310 e. The van der Waals surface area contributed by atoms with Gasteiger partial charge in [0, 0.05) is 45.0 Å². The molecule has 0 fully saturated rings. The summed E-state index contributed by atoms with van der Waals surface area (Å²) in [5.41, 5.74) is 20.7. The summed E-state index contributed by atoms with van der Waals surface area (Å²) >= 11 is 0. The number of hydrogen-bond donors (Lipinski definition) is 0. The number of rotatable bonds is 6. The minimum absolute atomic E-state index is 0.0394. The van der Waals surface area contributed by atoms with Gasteiger partial charge in [0.25, 0.3) is 0 Å². The Hall–Kier alpha value is -6.64. The van der Waals surface area contributed by atoms with Gasteiger partial charge in [-0.3, -0.25) is 0 Å². The summed E-state index contributed by atoms with van der Waals surface area (Å²) in [6, 6.07) is 59.0. The Morgan fingerprint density at radius 3 is 1.47 bits per heavy atom. The normalized spacial score (nSPS) is 15.5. The number of nitrogens with zero attached hydrogens (tertiary/aromatic N) is 2. The first-order valence-corrected chi connectivity index (χ1v) is 21.6. The summed E-state index contributed by atoms with van der Waals surface area (Å²) in [6.07, 6.45) is 6.96. The van der Waals surface area contributed by atoms with Crippen LogP contribution in [0, 0.1) is 13.8 Å². The molecule has 0 saturated carbocycles. The van der Waals surface area contributed by atoms with Gasteiger partial charge in [0.1, 0.15) is 0 Å². The minimum atomic E-state index is -0.0880. The lowest BCUT2D eigenvalue weighted by molar-refractivity contribution is 0.651. The van der Waals surface area contributed by atoms with Crippen LogP contribution < -0.4 is 9.80 Å². The van der Waals surface area contributed by atoms with Gasteiger partial charge < -0.3 is 9.80 Å². The van der Waals surface area contributed by atoms with E-state index in [-0.39, 0.29) is 10.8 Å². The average molecular weight is 775 g/mol. The maximum atomic E-state index is 2.46. The summed E-state index contributed by atoms with van der Waals surface area (Å²) in [4.78, 5) is 4.88.